The summed E-state index contributed by atoms with van der Waals surface area (Å²) in [7, 11) is 0. The van der Waals surface area contributed by atoms with Gasteiger partial charge >= 0.3 is 0 Å². The minimum atomic E-state index is -0.230. The van der Waals surface area contributed by atoms with Crippen molar-refractivity contribution in [3.63, 3.8) is 0 Å². The molecular formula is C18H25N3O2. The van der Waals surface area contributed by atoms with Crippen LogP contribution < -0.4 is 5.73 Å². The molecule has 0 radical (unpaired) electrons. The van der Waals surface area contributed by atoms with Gasteiger partial charge in [0.2, 0.25) is 11.8 Å². The summed E-state index contributed by atoms with van der Waals surface area (Å²) < 4.78 is 0. The smallest absolute Gasteiger partial charge is 0.227 e. The van der Waals surface area contributed by atoms with Gasteiger partial charge in [0.1, 0.15) is 0 Å². The van der Waals surface area contributed by atoms with E-state index in [1.54, 1.807) is 0 Å². The molecule has 3 rings (SSSR count). The first-order chi connectivity index (χ1) is 11.1. The number of rotatable bonds is 4. The standard InChI is InChI=1S/C18H25N3O2/c19-17(22)15-7-10-21(11-8-15)18(23)16-6-9-20(13-16)12-14-4-2-1-3-5-14/h1-5,15-16H,6-13H2,(H2,19,22). The topological polar surface area (TPSA) is 66.6 Å². The highest BCUT2D eigenvalue weighted by Crippen LogP contribution is 2.24. The van der Waals surface area contributed by atoms with Crippen molar-refractivity contribution in [3.05, 3.63) is 35.9 Å². The minimum Gasteiger partial charge on any atom is -0.369 e. The maximum absolute atomic E-state index is 12.7. The molecule has 124 valence electrons. The molecule has 2 amide bonds. The first-order valence-electron chi connectivity index (χ1n) is 8.48. The zero-order chi connectivity index (χ0) is 16.2. The summed E-state index contributed by atoms with van der Waals surface area (Å²) in [4.78, 5) is 28.2. The number of benzene rings is 1. The van der Waals surface area contributed by atoms with E-state index in [9.17, 15) is 9.59 Å². The highest BCUT2D eigenvalue weighted by Gasteiger charge is 2.33. The molecule has 2 N–H and O–H groups in total. The molecule has 2 fully saturated rings. The number of amides is 2. The van der Waals surface area contributed by atoms with Gasteiger partial charge in [-0.3, -0.25) is 14.5 Å². The fraction of sp³-hybridized carbons (Fsp3) is 0.556. The molecule has 2 aliphatic heterocycles. The highest BCUT2D eigenvalue weighted by molar-refractivity contribution is 5.80. The third kappa shape index (κ3) is 3.91. The Hall–Kier alpha value is -1.88. The lowest BCUT2D eigenvalue weighted by Gasteiger charge is -2.32. The molecule has 1 aromatic rings. The van der Waals surface area contributed by atoms with Gasteiger partial charge in [0.15, 0.2) is 0 Å². The monoisotopic (exact) mass is 315 g/mol. The molecule has 1 atom stereocenters. The number of nitrogens with two attached hydrogens (primary N) is 1. The Balaban J connectivity index is 1.49. The third-order valence-electron chi connectivity index (χ3n) is 5.08. The molecule has 0 saturated carbocycles. The molecular weight excluding hydrogens is 290 g/mol. The van der Waals surface area contributed by atoms with Gasteiger partial charge in [-0.15, -0.1) is 0 Å². The number of primary amides is 1. The van der Waals surface area contributed by atoms with Gasteiger partial charge in [-0.1, -0.05) is 30.3 Å². The summed E-state index contributed by atoms with van der Waals surface area (Å²) >= 11 is 0. The maximum atomic E-state index is 12.7. The quantitative estimate of drug-likeness (QED) is 0.909. The van der Waals surface area contributed by atoms with E-state index in [0.29, 0.717) is 25.9 Å². The van der Waals surface area contributed by atoms with Gasteiger partial charge in [0, 0.05) is 32.1 Å². The Labute approximate surface area is 137 Å². The van der Waals surface area contributed by atoms with Crippen LogP contribution in [0.5, 0.6) is 0 Å². The van der Waals surface area contributed by atoms with Gasteiger partial charge < -0.3 is 10.6 Å². The van der Waals surface area contributed by atoms with Gasteiger partial charge in [0.25, 0.3) is 0 Å². The third-order valence-corrected chi connectivity index (χ3v) is 5.08. The molecule has 0 bridgehead atoms. The predicted octanol–water partition coefficient (Wildman–Crippen LogP) is 1.23. The van der Waals surface area contributed by atoms with Gasteiger partial charge in [-0.2, -0.15) is 0 Å². The van der Waals surface area contributed by atoms with Crippen molar-refractivity contribution in [1.29, 1.82) is 0 Å². The second kappa shape index (κ2) is 7.13. The number of nitrogens with zero attached hydrogens (tertiary/aromatic N) is 2. The Morgan fingerprint density at radius 1 is 1.00 bits per heavy atom. The maximum Gasteiger partial charge on any atom is 0.227 e. The van der Waals surface area contributed by atoms with Crippen LogP contribution in [0.1, 0.15) is 24.8 Å². The van der Waals surface area contributed by atoms with Crippen LogP contribution in [0.25, 0.3) is 0 Å². The first kappa shape index (κ1) is 16.0. The number of likely N-dealkylation sites (tertiary alicyclic amines) is 2. The van der Waals surface area contributed by atoms with E-state index in [4.69, 9.17) is 5.73 Å². The number of carbonyl (C=O) groups is 2. The number of piperidine rings is 1. The Morgan fingerprint density at radius 2 is 1.65 bits per heavy atom. The Bertz CT molecular complexity index is 553. The molecule has 5 nitrogen and oxygen atoms in total. The summed E-state index contributed by atoms with van der Waals surface area (Å²) in [5.74, 6) is 0.0662. The second-order valence-corrected chi connectivity index (χ2v) is 6.71. The molecule has 0 aliphatic carbocycles. The predicted molar refractivity (Wildman–Crippen MR) is 88.3 cm³/mol. The van der Waals surface area contributed by atoms with Crippen LogP contribution in [0.15, 0.2) is 30.3 Å². The van der Waals surface area contributed by atoms with E-state index >= 15 is 0 Å². The van der Waals surface area contributed by atoms with Crippen molar-refractivity contribution in [2.45, 2.75) is 25.8 Å². The van der Waals surface area contributed by atoms with Crippen LogP contribution in [-0.4, -0.2) is 47.8 Å². The van der Waals surface area contributed by atoms with Crippen molar-refractivity contribution in [2.75, 3.05) is 26.2 Å². The first-order valence-corrected chi connectivity index (χ1v) is 8.48. The van der Waals surface area contributed by atoms with Crippen molar-refractivity contribution in [2.24, 2.45) is 17.6 Å². The Kier molecular flexibility index (Phi) is 4.96. The lowest BCUT2D eigenvalue weighted by atomic mass is 9.95. The molecule has 2 aliphatic rings. The van der Waals surface area contributed by atoms with E-state index in [1.165, 1.54) is 5.56 Å². The van der Waals surface area contributed by atoms with Crippen LogP contribution in [0, 0.1) is 11.8 Å². The summed E-state index contributed by atoms with van der Waals surface area (Å²) in [6.07, 6.45) is 2.35. The van der Waals surface area contributed by atoms with Crippen molar-refractivity contribution in [1.82, 2.24) is 9.80 Å². The van der Waals surface area contributed by atoms with Crippen LogP contribution in [-0.2, 0) is 16.1 Å². The van der Waals surface area contributed by atoms with Crippen molar-refractivity contribution >= 4 is 11.8 Å². The van der Waals surface area contributed by atoms with Crippen LogP contribution in [0.3, 0.4) is 0 Å². The lowest BCUT2D eigenvalue weighted by molar-refractivity contribution is -0.138. The van der Waals surface area contributed by atoms with Crippen LogP contribution in [0.4, 0.5) is 0 Å². The molecule has 5 heteroatoms. The second-order valence-electron chi connectivity index (χ2n) is 6.71. The molecule has 0 spiro atoms. The van der Waals surface area contributed by atoms with E-state index in [0.717, 1.165) is 26.1 Å². The largest absolute Gasteiger partial charge is 0.369 e. The molecule has 23 heavy (non-hydrogen) atoms. The normalized spacial score (nSPS) is 23.1. The average molecular weight is 315 g/mol. The van der Waals surface area contributed by atoms with Crippen LogP contribution >= 0.6 is 0 Å². The molecule has 1 unspecified atom stereocenters. The molecule has 1 aromatic carbocycles. The zero-order valence-electron chi connectivity index (χ0n) is 13.5. The van der Waals surface area contributed by atoms with Crippen LogP contribution in [0.2, 0.25) is 0 Å². The van der Waals surface area contributed by atoms with E-state index < -0.39 is 0 Å². The Morgan fingerprint density at radius 3 is 2.30 bits per heavy atom. The van der Waals surface area contributed by atoms with E-state index in [2.05, 4.69) is 29.2 Å². The van der Waals surface area contributed by atoms with E-state index in [1.807, 2.05) is 11.0 Å². The van der Waals surface area contributed by atoms with Crippen molar-refractivity contribution < 1.29 is 9.59 Å². The van der Waals surface area contributed by atoms with Gasteiger partial charge in [-0.05, 0) is 31.4 Å². The minimum absolute atomic E-state index is 0.0581. The summed E-state index contributed by atoms with van der Waals surface area (Å²) in [5, 5.41) is 0. The fourth-order valence-corrected chi connectivity index (χ4v) is 3.66. The van der Waals surface area contributed by atoms with Gasteiger partial charge in [0.05, 0.1) is 5.92 Å². The van der Waals surface area contributed by atoms with Crippen molar-refractivity contribution in [3.8, 4) is 0 Å². The number of hydrogen-bond acceptors (Lipinski definition) is 3. The lowest BCUT2D eigenvalue weighted by Crippen LogP contribution is -2.44. The summed E-state index contributed by atoms with van der Waals surface area (Å²) in [6, 6.07) is 10.4. The number of hydrogen-bond donors (Lipinski definition) is 1. The molecule has 2 saturated heterocycles. The summed E-state index contributed by atoms with van der Waals surface area (Å²) in [6.45, 7) is 4.06. The van der Waals surface area contributed by atoms with Gasteiger partial charge in [-0.25, -0.2) is 0 Å². The SMILES string of the molecule is NC(=O)C1CCN(C(=O)C2CCN(Cc3ccccc3)C2)CC1. The highest BCUT2D eigenvalue weighted by atomic mass is 16.2. The molecule has 0 aromatic heterocycles. The van der Waals surface area contributed by atoms with E-state index in [-0.39, 0.29) is 23.7 Å². The molecule has 2 heterocycles. The zero-order valence-corrected chi connectivity index (χ0v) is 13.5. The average Bonchev–Trinajstić information content (AvgIpc) is 3.03. The fourth-order valence-electron chi connectivity index (χ4n) is 3.66. The number of carbonyl (C=O) groups excluding carboxylic acids is 2. The summed E-state index contributed by atoms with van der Waals surface area (Å²) in [5.41, 5.74) is 6.65.